The lowest BCUT2D eigenvalue weighted by molar-refractivity contribution is -0.640. The molecular formula is C12H11N2O+. The molecular weight excluding hydrogens is 188 g/mol. The molecule has 2 rings (SSSR count). The largest absolute Gasteiger partial charge is 0.282 e. The number of benzene rings is 1. The molecule has 0 atom stereocenters. The third-order valence-electron chi connectivity index (χ3n) is 2.16. The van der Waals surface area contributed by atoms with Crippen LogP contribution in [0.1, 0.15) is 16.1 Å². The fourth-order valence-electron chi connectivity index (χ4n) is 1.39. The summed E-state index contributed by atoms with van der Waals surface area (Å²) in [5.74, 6) is 5.58. The summed E-state index contributed by atoms with van der Waals surface area (Å²) >= 11 is 0. The Balaban J connectivity index is 2.42. The number of aromatic nitrogens is 1. The number of carbonyl (C=O) groups is 1. The van der Waals surface area contributed by atoms with E-state index in [0.717, 1.165) is 0 Å². The maximum Gasteiger partial charge on any atom is 0.282 e. The van der Waals surface area contributed by atoms with Gasteiger partial charge in [-0.05, 0) is 6.07 Å². The number of nitrogen functional groups attached to an aromatic ring is 1. The summed E-state index contributed by atoms with van der Waals surface area (Å²) in [7, 11) is 0. The van der Waals surface area contributed by atoms with E-state index in [2.05, 4.69) is 0 Å². The van der Waals surface area contributed by atoms with Crippen molar-refractivity contribution in [1.29, 1.82) is 0 Å². The van der Waals surface area contributed by atoms with Crippen LogP contribution in [0.2, 0.25) is 0 Å². The third kappa shape index (κ3) is 1.86. The van der Waals surface area contributed by atoms with Crippen molar-refractivity contribution in [1.82, 2.24) is 0 Å². The highest BCUT2D eigenvalue weighted by molar-refractivity contribution is 6.06. The Bertz CT molecular complexity index is 480. The predicted molar refractivity (Wildman–Crippen MR) is 56.7 cm³/mol. The van der Waals surface area contributed by atoms with Gasteiger partial charge in [-0.25, -0.2) is 5.84 Å². The van der Waals surface area contributed by atoms with Crippen molar-refractivity contribution in [2.75, 3.05) is 5.84 Å². The van der Waals surface area contributed by atoms with Crippen LogP contribution in [0.3, 0.4) is 0 Å². The standard InChI is InChI=1S/C12H10N2O/c13-14-9-5-4-8-11(14)12(15)10-6-2-1-3-7-10/h1-9H,(H-,13,15)/p+1. The van der Waals surface area contributed by atoms with Crippen molar-refractivity contribution in [3.8, 4) is 0 Å². The molecule has 1 aromatic heterocycles. The maximum absolute atomic E-state index is 12.0. The van der Waals surface area contributed by atoms with Gasteiger partial charge in [-0.15, -0.1) is 0 Å². The van der Waals surface area contributed by atoms with Crippen molar-refractivity contribution in [3.63, 3.8) is 0 Å². The van der Waals surface area contributed by atoms with Gasteiger partial charge in [0, 0.05) is 17.7 Å². The molecule has 3 nitrogen and oxygen atoms in total. The van der Waals surface area contributed by atoms with Gasteiger partial charge in [0.1, 0.15) is 0 Å². The van der Waals surface area contributed by atoms with E-state index in [1.165, 1.54) is 4.68 Å². The molecule has 0 radical (unpaired) electrons. The number of nitrogens with two attached hydrogens (primary N) is 1. The van der Waals surface area contributed by atoms with Crippen LogP contribution in [0.15, 0.2) is 54.7 Å². The number of pyridine rings is 1. The van der Waals surface area contributed by atoms with Gasteiger partial charge in [-0.3, -0.25) is 4.79 Å². The second-order valence-corrected chi connectivity index (χ2v) is 3.19. The van der Waals surface area contributed by atoms with Gasteiger partial charge >= 0.3 is 0 Å². The first-order chi connectivity index (χ1) is 7.29. The van der Waals surface area contributed by atoms with E-state index < -0.39 is 0 Å². The molecule has 0 amide bonds. The molecule has 0 spiro atoms. The Morgan fingerprint density at radius 2 is 1.67 bits per heavy atom. The monoisotopic (exact) mass is 199 g/mol. The molecule has 0 unspecified atom stereocenters. The van der Waals surface area contributed by atoms with Crippen LogP contribution in [0.4, 0.5) is 0 Å². The van der Waals surface area contributed by atoms with Crippen molar-refractivity contribution in [3.05, 3.63) is 66.0 Å². The second-order valence-electron chi connectivity index (χ2n) is 3.19. The van der Waals surface area contributed by atoms with E-state index in [0.29, 0.717) is 11.3 Å². The number of hydrogen-bond donors (Lipinski definition) is 1. The summed E-state index contributed by atoms with van der Waals surface area (Å²) in [6, 6.07) is 14.4. The molecule has 2 aromatic rings. The fraction of sp³-hybridized carbons (Fsp3) is 0. The van der Waals surface area contributed by atoms with Crippen LogP contribution >= 0.6 is 0 Å². The van der Waals surface area contributed by atoms with Crippen LogP contribution in [0.25, 0.3) is 0 Å². The van der Waals surface area contributed by atoms with Crippen LogP contribution in [-0.4, -0.2) is 5.78 Å². The van der Waals surface area contributed by atoms with Crippen molar-refractivity contribution in [2.45, 2.75) is 0 Å². The first kappa shape index (κ1) is 9.40. The summed E-state index contributed by atoms with van der Waals surface area (Å²) in [6.07, 6.45) is 1.65. The maximum atomic E-state index is 12.0. The van der Waals surface area contributed by atoms with Gasteiger partial charge in [-0.2, -0.15) is 0 Å². The molecule has 3 heteroatoms. The molecule has 74 valence electrons. The zero-order valence-electron chi connectivity index (χ0n) is 8.13. The number of ketones is 1. The first-order valence-electron chi connectivity index (χ1n) is 4.64. The van der Waals surface area contributed by atoms with E-state index in [1.807, 2.05) is 18.2 Å². The Morgan fingerprint density at radius 3 is 2.33 bits per heavy atom. The average Bonchev–Trinajstić information content (AvgIpc) is 2.30. The molecule has 1 heterocycles. The average molecular weight is 199 g/mol. The first-order valence-corrected chi connectivity index (χ1v) is 4.64. The Morgan fingerprint density at radius 1 is 1.00 bits per heavy atom. The van der Waals surface area contributed by atoms with E-state index in [-0.39, 0.29) is 5.78 Å². The quantitative estimate of drug-likeness (QED) is 0.444. The summed E-state index contributed by atoms with van der Waals surface area (Å²) < 4.78 is 1.33. The summed E-state index contributed by atoms with van der Waals surface area (Å²) in [5.41, 5.74) is 1.12. The Kier molecular flexibility index (Phi) is 2.46. The molecule has 15 heavy (non-hydrogen) atoms. The van der Waals surface area contributed by atoms with E-state index in [4.69, 9.17) is 5.84 Å². The Labute approximate surface area is 87.8 Å². The molecule has 0 saturated carbocycles. The van der Waals surface area contributed by atoms with E-state index in [9.17, 15) is 4.79 Å². The molecule has 0 bridgehead atoms. The molecule has 1 aromatic carbocycles. The van der Waals surface area contributed by atoms with Crippen molar-refractivity contribution >= 4 is 5.78 Å². The number of rotatable bonds is 2. The summed E-state index contributed by atoms with van der Waals surface area (Å²) in [5, 5.41) is 0. The van der Waals surface area contributed by atoms with Crippen molar-refractivity contribution in [2.24, 2.45) is 0 Å². The molecule has 2 N–H and O–H groups in total. The number of carbonyl (C=O) groups excluding carboxylic acids is 1. The van der Waals surface area contributed by atoms with Gasteiger partial charge < -0.3 is 0 Å². The lowest BCUT2D eigenvalue weighted by Gasteiger charge is -1.97. The molecule has 0 aliphatic rings. The minimum absolute atomic E-state index is 0.0706. The van der Waals surface area contributed by atoms with Gasteiger partial charge in [0.25, 0.3) is 11.5 Å². The van der Waals surface area contributed by atoms with Gasteiger partial charge in [-0.1, -0.05) is 35.0 Å². The topological polar surface area (TPSA) is 47.0 Å². The van der Waals surface area contributed by atoms with Crippen LogP contribution < -0.4 is 10.5 Å². The smallest absolute Gasteiger partial charge is 0.282 e. The van der Waals surface area contributed by atoms with Crippen molar-refractivity contribution < 1.29 is 9.47 Å². The summed E-state index contributed by atoms with van der Waals surface area (Å²) in [6.45, 7) is 0. The summed E-state index contributed by atoms with van der Waals surface area (Å²) in [4.78, 5) is 12.0. The molecule has 0 aliphatic heterocycles. The number of nitrogens with zero attached hydrogens (tertiary/aromatic N) is 1. The second kappa shape index (κ2) is 3.92. The molecule has 0 fully saturated rings. The fourth-order valence-corrected chi connectivity index (χ4v) is 1.39. The lowest BCUT2D eigenvalue weighted by atomic mass is 10.1. The molecule has 0 aliphatic carbocycles. The SMILES string of the molecule is N[n+]1ccccc1C(=O)c1ccccc1. The minimum atomic E-state index is -0.0706. The zero-order chi connectivity index (χ0) is 10.7. The minimum Gasteiger partial charge on any atom is -0.282 e. The van der Waals surface area contributed by atoms with Gasteiger partial charge in [0.15, 0.2) is 6.20 Å². The number of hydrogen-bond acceptors (Lipinski definition) is 2. The zero-order valence-corrected chi connectivity index (χ0v) is 8.13. The Hall–Kier alpha value is -2.16. The van der Waals surface area contributed by atoms with E-state index >= 15 is 0 Å². The van der Waals surface area contributed by atoms with Crippen LogP contribution in [0.5, 0.6) is 0 Å². The van der Waals surface area contributed by atoms with E-state index in [1.54, 1.807) is 36.5 Å². The van der Waals surface area contributed by atoms with Gasteiger partial charge in [0.2, 0.25) is 0 Å². The van der Waals surface area contributed by atoms with Crippen LogP contribution in [-0.2, 0) is 0 Å². The van der Waals surface area contributed by atoms with Gasteiger partial charge in [0.05, 0.1) is 0 Å². The normalized spacial score (nSPS) is 9.87. The highest BCUT2D eigenvalue weighted by Crippen LogP contribution is 2.04. The predicted octanol–water partition coefficient (Wildman–Crippen LogP) is 0.919. The highest BCUT2D eigenvalue weighted by atomic mass is 16.1. The lowest BCUT2D eigenvalue weighted by Crippen LogP contribution is -2.49. The third-order valence-corrected chi connectivity index (χ3v) is 2.16. The van der Waals surface area contributed by atoms with Crippen LogP contribution in [0, 0.1) is 0 Å². The highest BCUT2D eigenvalue weighted by Gasteiger charge is 2.18. The molecule has 0 saturated heterocycles.